The smallest absolute Gasteiger partial charge is 0.341 e. The monoisotopic (exact) mass is 206 g/mol. The maximum atomic E-state index is 11.5. The molecule has 78 valence electrons. The first-order valence-corrected chi connectivity index (χ1v) is 4.61. The van der Waals surface area contributed by atoms with Crippen molar-refractivity contribution in [2.24, 2.45) is 0 Å². The molecule has 4 nitrogen and oxygen atoms in total. The molecule has 0 spiro atoms. The summed E-state index contributed by atoms with van der Waals surface area (Å²) in [4.78, 5) is 22.9. The van der Waals surface area contributed by atoms with Gasteiger partial charge in [-0.05, 0) is 12.1 Å². The van der Waals surface area contributed by atoms with Crippen molar-refractivity contribution in [3.63, 3.8) is 0 Å². The van der Waals surface area contributed by atoms with Gasteiger partial charge in [0.15, 0.2) is 5.78 Å². The summed E-state index contributed by atoms with van der Waals surface area (Å²) in [5.41, 5.74) is 0.771. The second kappa shape index (κ2) is 3.73. The molecule has 0 bridgehead atoms. The summed E-state index contributed by atoms with van der Waals surface area (Å²) in [6.07, 6.45) is 0.359. The first kappa shape index (κ1) is 9.71. The van der Waals surface area contributed by atoms with Gasteiger partial charge in [0.2, 0.25) is 0 Å². The van der Waals surface area contributed by atoms with Crippen LogP contribution in [0.2, 0.25) is 0 Å². The van der Waals surface area contributed by atoms with Gasteiger partial charge in [0.05, 0.1) is 19.3 Å². The number of Topliss-reactive ketones (excluding diaryl/α,β-unsaturated/α-hetero) is 1. The number of ether oxygens (including phenoxy) is 2. The average Bonchev–Trinajstić information content (AvgIpc) is 2.28. The van der Waals surface area contributed by atoms with Crippen LogP contribution in [0.5, 0.6) is 5.75 Å². The van der Waals surface area contributed by atoms with E-state index in [1.807, 2.05) is 0 Å². The summed E-state index contributed by atoms with van der Waals surface area (Å²) in [5.74, 6) is -0.135. The zero-order chi connectivity index (χ0) is 10.8. The van der Waals surface area contributed by atoms with Crippen molar-refractivity contribution in [3.8, 4) is 5.75 Å². The van der Waals surface area contributed by atoms with Crippen LogP contribution in [0, 0.1) is 0 Å². The van der Waals surface area contributed by atoms with E-state index in [1.54, 1.807) is 18.2 Å². The van der Waals surface area contributed by atoms with E-state index in [1.165, 1.54) is 7.11 Å². The Balaban J connectivity index is 2.54. The Labute approximate surface area is 86.8 Å². The van der Waals surface area contributed by atoms with Gasteiger partial charge in [0.25, 0.3) is 0 Å². The molecule has 1 heterocycles. The van der Waals surface area contributed by atoms with Gasteiger partial charge < -0.3 is 9.47 Å². The molecule has 2 rings (SSSR count). The van der Waals surface area contributed by atoms with Crippen LogP contribution in [0.15, 0.2) is 18.2 Å². The second-order valence-electron chi connectivity index (χ2n) is 3.20. The van der Waals surface area contributed by atoms with Crippen LogP contribution in [-0.4, -0.2) is 25.5 Å². The van der Waals surface area contributed by atoms with Crippen molar-refractivity contribution >= 4 is 11.8 Å². The number of ketones is 1. The predicted octanol–water partition coefficient (Wildman–Crippen LogP) is 1.44. The van der Waals surface area contributed by atoms with Crippen molar-refractivity contribution in [3.05, 3.63) is 29.3 Å². The molecule has 1 aliphatic rings. The van der Waals surface area contributed by atoms with Crippen molar-refractivity contribution in [1.82, 2.24) is 0 Å². The largest absolute Gasteiger partial charge is 0.491 e. The van der Waals surface area contributed by atoms with Crippen LogP contribution in [0.25, 0.3) is 0 Å². The summed E-state index contributed by atoms with van der Waals surface area (Å²) in [5, 5.41) is 0. The van der Waals surface area contributed by atoms with Gasteiger partial charge in [0, 0.05) is 6.42 Å². The van der Waals surface area contributed by atoms with E-state index in [9.17, 15) is 9.59 Å². The minimum absolute atomic E-state index is 0.00185. The Bertz CT molecular complexity index is 423. The molecule has 15 heavy (non-hydrogen) atoms. The zero-order valence-corrected chi connectivity index (χ0v) is 8.28. The highest BCUT2D eigenvalue weighted by molar-refractivity contribution is 6.04. The van der Waals surface area contributed by atoms with E-state index in [4.69, 9.17) is 4.74 Å². The van der Waals surface area contributed by atoms with E-state index < -0.39 is 5.97 Å². The Kier molecular flexibility index (Phi) is 2.41. The van der Waals surface area contributed by atoms with Gasteiger partial charge in [0.1, 0.15) is 11.3 Å². The third-order valence-corrected chi connectivity index (χ3v) is 2.30. The molecule has 0 unspecified atom stereocenters. The van der Waals surface area contributed by atoms with Crippen molar-refractivity contribution in [1.29, 1.82) is 0 Å². The summed E-state index contributed by atoms with van der Waals surface area (Å²) in [6.45, 7) is 0.319. The van der Waals surface area contributed by atoms with E-state index in [0.717, 1.165) is 0 Å². The highest BCUT2D eigenvalue weighted by Crippen LogP contribution is 2.29. The molecule has 4 heteroatoms. The van der Waals surface area contributed by atoms with E-state index >= 15 is 0 Å². The molecule has 0 radical (unpaired) electrons. The summed E-state index contributed by atoms with van der Waals surface area (Å²) in [7, 11) is 1.30. The average molecular weight is 206 g/mol. The van der Waals surface area contributed by atoms with Gasteiger partial charge in [-0.15, -0.1) is 0 Å². The van der Waals surface area contributed by atoms with E-state index in [-0.39, 0.29) is 5.78 Å². The second-order valence-corrected chi connectivity index (χ2v) is 3.20. The number of benzene rings is 1. The Morgan fingerprint density at radius 1 is 1.47 bits per heavy atom. The van der Waals surface area contributed by atoms with Gasteiger partial charge in [-0.1, -0.05) is 6.07 Å². The molecule has 0 fully saturated rings. The first-order valence-electron chi connectivity index (χ1n) is 4.61. The van der Waals surface area contributed by atoms with Crippen LogP contribution in [-0.2, 0) is 4.74 Å². The number of hydrogen-bond acceptors (Lipinski definition) is 4. The normalized spacial score (nSPS) is 14.1. The Hall–Kier alpha value is -1.84. The van der Waals surface area contributed by atoms with Gasteiger partial charge >= 0.3 is 5.97 Å². The maximum Gasteiger partial charge on any atom is 0.341 e. The number of hydrogen-bond donors (Lipinski definition) is 0. The number of carbonyl (C=O) groups excluding carboxylic acids is 2. The number of methoxy groups -OCH3 is 1. The minimum atomic E-state index is -0.485. The van der Waals surface area contributed by atoms with Gasteiger partial charge in [-0.25, -0.2) is 4.79 Å². The van der Waals surface area contributed by atoms with Crippen molar-refractivity contribution < 1.29 is 19.1 Å². The van der Waals surface area contributed by atoms with Crippen LogP contribution < -0.4 is 4.74 Å². The summed E-state index contributed by atoms with van der Waals surface area (Å²) >= 11 is 0. The molecule has 1 aromatic carbocycles. The van der Waals surface area contributed by atoms with Gasteiger partial charge in [-0.2, -0.15) is 0 Å². The van der Waals surface area contributed by atoms with Crippen LogP contribution >= 0.6 is 0 Å². The van der Waals surface area contributed by atoms with Crippen LogP contribution in [0.1, 0.15) is 27.1 Å². The fourth-order valence-corrected chi connectivity index (χ4v) is 1.56. The van der Waals surface area contributed by atoms with E-state index in [2.05, 4.69) is 4.74 Å². The van der Waals surface area contributed by atoms with Crippen molar-refractivity contribution in [2.45, 2.75) is 6.42 Å². The Morgan fingerprint density at radius 2 is 2.27 bits per heavy atom. The van der Waals surface area contributed by atoms with Crippen LogP contribution in [0.3, 0.4) is 0 Å². The lowest BCUT2D eigenvalue weighted by Crippen LogP contribution is -2.18. The number of esters is 1. The van der Waals surface area contributed by atoms with E-state index in [0.29, 0.717) is 29.9 Å². The number of carbonyl (C=O) groups is 2. The SMILES string of the molecule is COC(=O)c1cccc2c1OCCC2=O. The predicted molar refractivity (Wildman–Crippen MR) is 52.2 cm³/mol. The topological polar surface area (TPSA) is 52.6 Å². The molecule has 0 saturated heterocycles. The van der Waals surface area contributed by atoms with Gasteiger partial charge in [-0.3, -0.25) is 4.79 Å². The lowest BCUT2D eigenvalue weighted by atomic mass is 10.0. The lowest BCUT2D eigenvalue weighted by molar-refractivity contribution is 0.0595. The lowest BCUT2D eigenvalue weighted by Gasteiger charge is -2.18. The molecule has 0 amide bonds. The number of para-hydroxylation sites is 1. The fourth-order valence-electron chi connectivity index (χ4n) is 1.56. The molecule has 1 aliphatic heterocycles. The maximum absolute atomic E-state index is 11.5. The summed E-state index contributed by atoms with van der Waals surface area (Å²) in [6, 6.07) is 4.89. The minimum Gasteiger partial charge on any atom is -0.491 e. The summed E-state index contributed by atoms with van der Waals surface area (Å²) < 4.78 is 9.93. The van der Waals surface area contributed by atoms with Crippen LogP contribution in [0.4, 0.5) is 0 Å². The standard InChI is InChI=1S/C11H10O4/c1-14-11(13)8-4-2-3-7-9(12)5-6-15-10(7)8/h2-4H,5-6H2,1H3. The fraction of sp³-hybridized carbons (Fsp3) is 0.273. The quantitative estimate of drug-likeness (QED) is 0.652. The highest BCUT2D eigenvalue weighted by atomic mass is 16.5. The zero-order valence-electron chi connectivity index (χ0n) is 8.28. The molecule has 1 aromatic rings. The third kappa shape index (κ3) is 1.58. The van der Waals surface area contributed by atoms with Crippen molar-refractivity contribution in [2.75, 3.05) is 13.7 Å². The first-order chi connectivity index (χ1) is 7.24. The number of fused-ring (bicyclic) bond motifs is 1. The molecule has 0 N–H and O–H groups in total. The highest BCUT2D eigenvalue weighted by Gasteiger charge is 2.24. The third-order valence-electron chi connectivity index (χ3n) is 2.30. The molecule has 0 aliphatic carbocycles. The molecule has 0 aromatic heterocycles. The Morgan fingerprint density at radius 3 is 3.00 bits per heavy atom. The molecule has 0 atom stereocenters. The molecular formula is C11H10O4. The molecular weight excluding hydrogens is 196 g/mol. The molecule has 0 saturated carbocycles. The number of rotatable bonds is 1.